The Bertz CT molecular complexity index is 806. The molecule has 1 aromatic heterocycles. The Kier molecular flexibility index (Phi) is 5.05. The Morgan fingerprint density at radius 3 is 2.68 bits per heavy atom. The van der Waals surface area contributed by atoms with Gasteiger partial charge in [-0.15, -0.1) is 12.3 Å². The van der Waals surface area contributed by atoms with Crippen LogP contribution in [-0.4, -0.2) is 16.6 Å². The van der Waals surface area contributed by atoms with Gasteiger partial charge in [-0.2, -0.15) is 10.2 Å². The average Bonchev–Trinajstić information content (AvgIpc) is 3.41. The largest absolute Gasteiger partial charge is 0.437 e. The third-order valence-electron chi connectivity index (χ3n) is 3.82. The highest BCUT2D eigenvalue weighted by molar-refractivity contribution is 5.92. The number of hydrogen-bond acceptors (Lipinski definition) is 5. The van der Waals surface area contributed by atoms with Gasteiger partial charge in [0, 0.05) is 37.9 Å². The molecule has 1 aliphatic rings. The van der Waals surface area contributed by atoms with Crippen molar-refractivity contribution in [2.45, 2.75) is 31.3 Å². The summed E-state index contributed by atoms with van der Waals surface area (Å²) in [6.45, 7) is 0. The van der Waals surface area contributed by atoms with Crippen molar-refractivity contribution < 1.29 is 9.53 Å². The second-order valence-electron chi connectivity index (χ2n) is 5.70. The van der Waals surface area contributed by atoms with Gasteiger partial charge in [0.2, 0.25) is 11.8 Å². The van der Waals surface area contributed by atoms with Gasteiger partial charge >= 0.3 is 0 Å². The van der Waals surface area contributed by atoms with E-state index in [0.29, 0.717) is 43.0 Å². The first-order chi connectivity index (χ1) is 12.2. The number of carbonyl (C=O) groups is 1. The highest BCUT2D eigenvalue weighted by Gasteiger charge is 2.39. The van der Waals surface area contributed by atoms with Crippen molar-refractivity contribution in [3.05, 3.63) is 48.7 Å². The third-order valence-corrected chi connectivity index (χ3v) is 3.82. The fourth-order valence-corrected chi connectivity index (χ4v) is 2.37. The minimum atomic E-state index is -0.451. The van der Waals surface area contributed by atoms with Crippen LogP contribution in [-0.2, 0) is 4.79 Å². The molecule has 0 unspecified atom stereocenters. The zero-order valence-corrected chi connectivity index (χ0v) is 13.7. The van der Waals surface area contributed by atoms with E-state index in [0.717, 1.165) is 0 Å². The molecule has 1 N–H and O–H groups in total. The van der Waals surface area contributed by atoms with Crippen LogP contribution in [0.15, 0.2) is 58.9 Å². The molecule has 2 aromatic rings. The van der Waals surface area contributed by atoms with Gasteiger partial charge in [-0.05, 0) is 18.2 Å². The molecule has 0 atom stereocenters. The predicted molar refractivity (Wildman–Crippen MR) is 94.3 cm³/mol. The van der Waals surface area contributed by atoms with E-state index < -0.39 is 5.66 Å². The van der Waals surface area contributed by atoms with Crippen LogP contribution < -0.4 is 10.1 Å². The van der Waals surface area contributed by atoms with Gasteiger partial charge in [-0.1, -0.05) is 18.2 Å². The molecule has 0 aliphatic carbocycles. The molecule has 0 radical (unpaired) electrons. The number of benzene rings is 1. The number of pyridine rings is 1. The van der Waals surface area contributed by atoms with Gasteiger partial charge in [0.25, 0.3) is 0 Å². The highest BCUT2D eigenvalue weighted by Crippen LogP contribution is 2.37. The molecule has 0 bridgehead atoms. The fourth-order valence-electron chi connectivity index (χ4n) is 2.37. The number of anilines is 1. The summed E-state index contributed by atoms with van der Waals surface area (Å²) in [7, 11) is 0. The molecule has 0 saturated heterocycles. The van der Waals surface area contributed by atoms with Crippen LogP contribution in [0.25, 0.3) is 0 Å². The Labute approximate surface area is 146 Å². The zero-order chi connectivity index (χ0) is 17.5. The van der Waals surface area contributed by atoms with Gasteiger partial charge < -0.3 is 10.1 Å². The SMILES string of the molecule is C#CCCC1(CCC(=O)Nc2ccccc2Oc2ccccn2)N=N1. The normalized spacial score (nSPS) is 13.7. The van der Waals surface area contributed by atoms with Crippen LogP contribution in [0.1, 0.15) is 25.7 Å². The number of para-hydroxylation sites is 2. The third kappa shape index (κ3) is 4.64. The maximum absolute atomic E-state index is 12.3. The first-order valence-corrected chi connectivity index (χ1v) is 8.06. The first-order valence-electron chi connectivity index (χ1n) is 8.06. The quantitative estimate of drug-likeness (QED) is 0.736. The minimum Gasteiger partial charge on any atom is -0.437 e. The molecular formula is C19H18N4O2. The van der Waals surface area contributed by atoms with Crippen LogP contribution in [0.2, 0.25) is 0 Å². The number of nitrogens with zero attached hydrogens (tertiary/aromatic N) is 3. The smallest absolute Gasteiger partial charge is 0.224 e. The van der Waals surface area contributed by atoms with Crippen LogP contribution in [0, 0.1) is 12.3 Å². The summed E-state index contributed by atoms with van der Waals surface area (Å²) >= 11 is 0. The number of terminal acetylenes is 1. The number of rotatable bonds is 8. The molecule has 1 aromatic carbocycles. The van der Waals surface area contributed by atoms with Crippen molar-refractivity contribution in [3.63, 3.8) is 0 Å². The van der Waals surface area contributed by atoms with Crippen molar-refractivity contribution in [1.29, 1.82) is 0 Å². The lowest BCUT2D eigenvalue weighted by atomic mass is 10.0. The number of ether oxygens (including phenoxy) is 1. The molecule has 126 valence electrons. The summed E-state index contributed by atoms with van der Waals surface area (Å²) in [5.41, 5.74) is 0.147. The van der Waals surface area contributed by atoms with Crippen LogP contribution >= 0.6 is 0 Å². The monoisotopic (exact) mass is 334 g/mol. The van der Waals surface area contributed by atoms with E-state index in [1.165, 1.54) is 0 Å². The van der Waals surface area contributed by atoms with Crippen LogP contribution in [0.4, 0.5) is 5.69 Å². The molecule has 25 heavy (non-hydrogen) atoms. The number of carbonyl (C=O) groups excluding carboxylic acids is 1. The van der Waals surface area contributed by atoms with Crippen molar-refractivity contribution >= 4 is 11.6 Å². The van der Waals surface area contributed by atoms with Gasteiger partial charge in [0.05, 0.1) is 5.69 Å². The van der Waals surface area contributed by atoms with Crippen molar-refractivity contribution in [2.24, 2.45) is 10.2 Å². The molecule has 2 heterocycles. The second kappa shape index (κ2) is 7.58. The summed E-state index contributed by atoms with van der Waals surface area (Å²) in [4.78, 5) is 16.4. The number of amides is 1. The molecule has 3 rings (SSSR count). The van der Waals surface area contributed by atoms with E-state index in [1.807, 2.05) is 24.3 Å². The highest BCUT2D eigenvalue weighted by atomic mass is 16.5. The Morgan fingerprint density at radius 2 is 1.96 bits per heavy atom. The molecule has 0 fully saturated rings. The maximum atomic E-state index is 12.3. The van der Waals surface area contributed by atoms with Crippen molar-refractivity contribution in [1.82, 2.24) is 4.98 Å². The van der Waals surface area contributed by atoms with E-state index in [-0.39, 0.29) is 5.91 Å². The van der Waals surface area contributed by atoms with Crippen molar-refractivity contribution in [3.8, 4) is 24.0 Å². The molecule has 0 saturated carbocycles. The van der Waals surface area contributed by atoms with Gasteiger partial charge in [-0.25, -0.2) is 4.98 Å². The lowest BCUT2D eigenvalue weighted by Crippen LogP contribution is -2.18. The standard InChI is InChI=1S/C19H18N4O2/c1-2-3-12-19(22-23-19)13-11-17(24)21-15-8-4-5-9-16(15)25-18-10-6-7-14-20-18/h1,4-10,14H,3,11-13H2,(H,21,24). The molecule has 6 nitrogen and oxygen atoms in total. The molecule has 1 aliphatic heterocycles. The van der Waals surface area contributed by atoms with Crippen LogP contribution in [0.3, 0.4) is 0 Å². The Balaban J connectivity index is 1.57. The topological polar surface area (TPSA) is 75.9 Å². The molecule has 0 spiro atoms. The zero-order valence-electron chi connectivity index (χ0n) is 13.7. The number of hydrogen-bond donors (Lipinski definition) is 1. The number of nitrogens with one attached hydrogen (secondary N) is 1. The Hall–Kier alpha value is -3.20. The van der Waals surface area contributed by atoms with Gasteiger partial charge in [-0.3, -0.25) is 4.79 Å². The summed E-state index contributed by atoms with van der Waals surface area (Å²) in [6, 6.07) is 12.6. The van der Waals surface area contributed by atoms with Gasteiger partial charge in [0.1, 0.15) is 0 Å². The summed E-state index contributed by atoms with van der Waals surface area (Å²) in [5.74, 6) is 3.47. The summed E-state index contributed by atoms with van der Waals surface area (Å²) < 4.78 is 5.74. The number of aromatic nitrogens is 1. The molecular weight excluding hydrogens is 316 g/mol. The lowest BCUT2D eigenvalue weighted by molar-refractivity contribution is -0.116. The minimum absolute atomic E-state index is 0.116. The first kappa shape index (κ1) is 16.7. The van der Waals surface area contributed by atoms with Gasteiger partial charge in [0.15, 0.2) is 11.4 Å². The van der Waals surface area contributed by atoms with Crippen molar-refractivity contribution in [2.75, 3.05) is 5.32 Å². The van der Waals surface area contributed by atoms with E-state index in [2.05, 4.69) is 26.4 Å². The second-order valence-corrected chi connectivity index (χ2v) is 5.70. The lowest BCUT2D eigenvalue weighted by Gasteiger charge is -2.12. The Morgan fingerprint density at radius 1 is 1.16 bits per heavy atom. The molecule has 1 amide bonds. The van der Waals surface area contributed by atoms with E-state index >= 15 is 0 Å². The average molecular weight is 334 g/mol. The molecule has 6 heteroatoms. The summed E-state index contributed by atoms with van der Waals surface area (Å²) in [6.07, 6.45) is 9.09. The van der Waals surface area contributed by atoms with E-state index in [9.17, 15) is 4.79 Å². The maximum Gasteiger partial charge on any atom is 0.224 e. The predicted octanol–water partition coefficient (Wildman–Crippen LogP) is 4.17. The van der Waals surface area contributed by atoms with E-state index in [1.54, 1.807) is 24.4 Å². The van der Waals surface area contributed by atoms with E-state index in [4.69, 9.17) is 11.2 Å². The van der Waals surface area contributed by atoms with Crippen LogP contribution in [0.5, 0.6) is 11.6 Å². The summed E-state index contributed by atoms with van der Waals surface area (Å²) in [5, 5.41) is 11.0. The fraction of sp³-hybridized carbons (Fsp3) is 0.263.